The normalized spacial score (nSPS) is 16.4. The lowest BCUT2D eigenvalue weighted by Gasteiger charge is -2.14. The van der Waals surface area contributed by atoms with Gasteiger partial charge in [0.1, 0.15) is 0 Å². The Bertz CT molecular complexity index is 685. The van der Waals surface area contributed by atoms with Crippen molar-refractivity contribution in [2.75, 3.05) is 0 Å². The van der Waals surface area contributed by atoms with Gasteiger partial charge < -0.3 is 9.73 Å². The molecule has 23 heavy (non-hydrogen) atoms. The van der Waals surface area contributed by atoms with Crippen LogP contribution < -0.4 is 5.32 Å². The summed E-state index contributed by atoms with van der Waals surface area (Å²) in [5, 5.41) is 11.8. The zero-order valence-electron chi connectivity index (χ0n) is 12.8. The average molecular weight is 352 g/mol. The quantitative estimate of drug-likeness (QED) is 0.826. The molecule has 1 amide bonds. The van der Waals surface area contributed by atoms with Gasteiger partial charge in [-0.15, -0.1) is 10.2 Å². The molecule has 0 spiro atoms. The number of carbonyl (C=O) groups excluding carboxylic acids is 1. The molecular weight excluding hydrogens is 334 g/mol. The molecule has 1 unspecified atom stereocenters. The highest BCUT2D eigenvalue weighted by atomic mass is 35.5. The molecule has 1 aromatic heterocycles. The Labute approximate surface area is 144 Å². The Kier molecular flexibility index (Phi) is 5.23. The molecule has 0 bridgehead atoms. The number of aromatic nitrogens is 2. The topological polar surface area (TPSA) is 68.0 Å². The maximum Gasteiger partial charge on any atom is 0.277 e. The lowest BCUT2D eigenvalue weighted by molar-refractivity contribution is -0.120. The summed E-state index contributed by atoms with van der Waals surface area (Å²) in [5.41, 5.74) is 0.764. The van der Waals surface area contributed by atoms with E-state index >= 15 is 0 Å². The minimum absolute atomic E-state index is 0.0180. The first-order chi connectivity index (χ1) is 11.1. The Morgan fingerprint density at radius 1 is 1.39 bits per heavy atom. The van der Waals surface area contributed by atoms with Crippen molar-refractivity contribution in [3.8, 4) is 11.5 Å². The third-order valence-electron chi connectivity index (χ3n) is 3.83. The summed E-state index contributed by atoms with van der Waals surface area (Å²) in [6.07, 6.45) is 4.53. The number of thioether (sulfide) groups is 1. The van der Waals surface area contributed by atoms with Gasteiger partial charge in [-0.1, -0.05) is 42.3 Å². The van der Waals surface area contributed by atoms with Gasteiger partial charge in [0.25, 0.3) is 5.22 Å². The van der Waals surface area contributed by atoms with Crippen molar-refractivity contribution in [1.29, 1.82) is 0 Å². The largest absolute Gasteiger partial charge is 0.411 e. The number of rotatable bonds is 5. The maximum absolute atomic E-state index is 12.2. The molecule has 1 aromatic carbocycles. The molecule has 7 heteroatoms. The van der Waals surface area contributed by atoms with Gasteiger partial charge in [0.2, 0.25) is 11.8 Å². The number of hydrogen-bond acceptors (Lipinski definition) is 5. The fraction of sp³-hybridized carbons (Fsp3) is 0.438. The van der Waals surface area contributed by atoms with E-state index in [-0.39, 0.29) is 11.2 Å². The van der Waals surface area contributed by atoms with Crippen molar-refractivity contribution < 1.29 is 9.21 Å². The highest BCUT2D eigenvalue weighted by molar-refractivity contribution is 8.00. The summed E-state index contributed by atoms with van der Waals surface area (Å²) < 4.78 is 5.62. The van der Waals surface area contributed by atoms with Gasteiger partial charge in [-0.3, -0.25) is 4.79 Å². The summed E-state index contributed by atoms with van der Waals surface area (Å²) in [6, 6.07) is 7.54. The summed E-state index contributed by atoms with van der Waals surface area (Å²) in [5.74, 6) is 0.419. The SMILES string of the molecule is CC(Sc1nnc(-c2cccc(Cl)c2)o1)C(=O)NC1CCCC1. The van der Waals surface area contributed by atoms with Crippen molar-refractivity contribution in [2.45, 2.75) is 49.1 Å². The summed E-state index contributed by atoms with van der Waals surface area (Å²) >= 11 is 7.23. The van der Waals surface area contributed by atoms with Gasteiger partial charge in [-0.2, -0.15) is 0 Å². The van der Waals surface area contributed by atoms with Gasteiger partial charge >= 0.3 is 0 Å². The van der Waals surface area contributed by atoms with E-state index in [1.807, 2.05) is 19.1 Å². The predicted molar refractivity (Wildman–Crippen MR) is 90.5 cm³/mol. The summed E-state index contributed by atoms with van der Waals surface area (Å²) in [7, 11) is 0. The van der Waals surface area contributed by atoms with Crippen LogP contribution in [-0.2, 0) is 4.79 Å². The van der Waals surface area contributed by atoms with E-state index in [1.165, 1.54) is 24.6 Å². The van der Waals surface area contributed by atoms with Crippen molar-refractivity contribution in [3.63, 3.8) is 0 Å². The van der Waals surface area contributed by atoms with Crippen LogP contribution in [0.1, 0.15) is 32.6 Å². The Balaban J connectivity index is 1.60. The highest BCUT2D eigenvalue weighted by Gasteiger charge is 2.23. The standard InChI is InChI=1S/C16H18ClN3O2S/c1-10(14(21)18-13-7-2-3-8-13)23-16-20-19-15(22-16)11-5-4-6-12(17)9-11/h4-6,9-10,13H,2-3,7-8H2,1H3,(H,18,21). The van der Waals surface area contributed by atoms with Crippen molar-refractivity contribution >= 4 is 29.3 Å². The Hall–Kier alpha value is -1.53. The molecule has 3 rings (SSSR count). The van der Waals surface area contributed by atoms with E-state index in [0.29, 0.717) is 22.2 Å². The molecule has 1 aliphatic rings. The highest BCUT2D eigenvalue weighted by Crippen LogP contribution is 2.27. The zero-order valence-corrected chi connectivity index (χ0v) is 14.4. The molecule has 122 valence electrons. The lowest BCUT2D eigenvalue weighted by Crippen LogP contribution is -2.37. The van der Waals surface area contributed by atoms with Crippen LogP contribution in [0.25, 0.3) is 11.5 Å². The molecule has 5 nitrogen and oxygen atoms in total. The van der Waals surface area contributed by atoms with Crippen LogP contribution in [-0.4, -0.2) is 27.4 Å². The molecular formula is C16H18ClN3O2S. The maximum atomic E-state index is 12.2. The number of halogens is 1. The van der Waals surface area contributed by atoms with Crippen molar-refractivity contribution in [1.82, 2.24) is 15.5 Å². The number of carbonyl (C=O) groups is 1. The van der Waals surface area contributed by atoms with E-state index in [4.69, 9.17) is 16.0 Å². The molecule has 1 aliphatic carbocycles. The molecule has 0 saturated heterocycles. The lowest BCUT2D eigenvalue weighted by atomic mass is 10.2. The second kappa shape index (κ2) is 7.36. The van der Waals surface area contributed by atoms with Crippen LogP contribution in [0.5, 0.6) is 0 Å². The third-order valence-corrected chi connectivity index (χ3v) is 5.00. The van der Waals surface area contributed by atoms with Crippen LogP contribution >= 0.6 is 23.4 Å². The minimum atomic E-state index is -0.275. The van der Waals surface area contributed by atoms with Gasteiger partial charge in [0, 0.05) is 16.6 Å². The van der Waals surface area contributed by atoms with E-state index < -0.39 is 0 Å². The number of nitrogens with zero attached hydrogens (tertiary/aromatic N) is 2. The van der Waals surface area contributed by atoms with E-state index in [2.05, 4.69) is 15.5 Å². The summed E-state index contributed by atoms with van der Waals surface area (Å²) in [6.45, 7) is 1.85. The monoisotopic (exact) mass is 351 g/mol. The molecule has 0 radical (unpaired) electrons. The number of amides is 1. The van der Waals surface area contributed by atoms with E-state index in [9.17, 15) is 4.79 Å². The molecule has 1 N–H and O–H groups in total. The van der Waals surface area contributed by atoms with Crippen LogP contribution in [0.4, 0.5) is 0 Å². The second-order valence-electron chi connectivity index (χ2n) is 5.63. The molecule has 1 heterocycles. The fourth-order valence-electron chi connectivity index (χ4n) is 2.59. The summed E-state index contributed by atoms with van der Waals surface area (Å²) in [4.78, 5) is 12.2. The smallest absolute Gasteiger partial charge is 0.277 e. The first-order valence-electron chi connectivity index (χ1n) is 7.68. The van der Waals surface area contributed by atoms with Gasteiger partial charge in [-0.25, -0.2) is 0 Å². The molecule has 2 aromatic rings. The second-order valence-corrected chi connectivity index (χ2v) is 7.36. The van der Waals surface area contributed by atoms with Crippen LogP contribution in [0.2, 0.25) is 5.02 Å². The van der Waals surface area contributed by atoms with Gasteiger partial charge in [0.05, 0.1) is 5.25 Å². The Morgan fingerprint density at radius 3 is 2.91 bits per heavy atom. The number of benzene rings is 1. The molecule has 1 fully saturated rings. The first kappa shape index (κ1) is 16.3. The Morgan fingerprint density at radius 2 is 2.17 bits per heavy atom. The molecule has 0 aliphatic heterocycles. The van der Waals surface area contributed by atoms with E-state index in [0.717, 1.165) is 18.4 Å². The van der Waals surface area contributed by atoms with Crippen LogP contribution in [0, 0.1) is 0 Å². The number of nitrogens with one attached hydrogen (secondary N) is 1. The predicted octanol–water partition coefficient (Wildman–Crippen LogP) is 3.93. The van der Waals surface area contributed by atoms with Gasteiger partial charge in [0.15, 0.2) is 0 Å². The van der Waals surface area contributed by atoms with Crippen molar-refractivity contribution in [3.05, 3.63) is 29.3 Å². The number of hydrogen-bond donors (Lipinski definition) is 1. The van der Waals surface area contributed by atoms with Crippen LogP contribution in [0.15, 0.2) is 33.9 Å². The van der Waals surface area contributed by atoms with E-state index in [1.54, 1.807) is 12.1 Å². The zero-order chi connectivity index (χ0) is 16.2. The fourth-order valence-corrected chi connectivity index (χ4v) is 3.47. The average Bonchev–Trinajstić information content (AvgIpc) is 3.19. The minimum Gasteiger partial charge on any atom is -0.411 e. The van der Waals surface area contributed by atoms with Crippen LogP contribution in [0.3, 0.4) is 0 Å². The molecule has 1 saturated carbocycles. The van der Waals surface area contributed by atoms with Gasteiger partial charge in [-0.05, 0) is 38.0 Å². The molecule has 1 atom stereocenters. The van der Waals surface area contributed by atoms with Crippen molar-refractivity contribution in [2.24, 2.45) is 0 Å². The first-order valence-corrected chi connectivity index (χ1v) is 8.94. The third kappa shape index (κ3) is 4.26.